The number of hydrogen-bond donors (Lipinski definition) is 2. The summed E-state index contributed by atoms with van der Waals surface area (Å²) in [5.74, 6) is -1.02. The van der Waals surface area contributed by atoms with Crippen LogP contribution in [0, 0.1) is 0 Å². The van der Waals surface area contributed by atoms with E-state index in [0.717, 1.165) is 0 Å². The number of amides is 2. The molecule has 0 aliphatic carbocycles. The second-order valence-electron chi connectivity index (χ2n) is 9.28. The van der Waals surface area contributed by atoms with Gasteiger partial charge in [0.2, 0.25) is 0 Å². The van der Waals surface area contributed by atoms with Gasteiger partial charge in [-0.2, -0.15) is 0 Å². The van der Waals surface area contributed by atoms with Crippen LogP contribution in [0.15, 0.2) is 0 Å². The van der Waals surface area contributed by atoms with Crippen molar-refractivity contribution < 1.29 is 29.0 Å². The minimum absolute atomic E-state index is 0.0280. The van der Waals surface area contributed by atoms with Gasteiger partial charge in [-0.05, 0) is 48.0 Å². The Morgan fingerprint density at radius 1 is 0.963 bits per heavy atom. The van der Waals surface area contributed by atoms with Gasteiger partial charge >= 0.3 is 18.2 Å². The van der Waals surface area contributed by atoms with Crippen LogP contribution in [0.5, 0.6) is 0 Å². The number of carboxylic acids is 1. The molecule has 2 aliphatic rings. The Labute approximate surface area is 160 Å². The van der Waals surface area contributed by atoms with E-state index in [4.69, 9.17) is 9.47 Å². The Bertz CT molecular complexity index is 601. The van der Waals surface area contributed by atoms with E-state index >= 15 is 0 Å². The number of carbonyl (C=O) groups is 3. The van der Waals surface area contributed by atoms with E-state index in [1.165, 1.54) is 4.90 Å². The van der Waals surface area contributed by atoms with Gasteiger partial charge in [-0.1, -0.05) is 0 Å². The number of nitrogens with one attached hydrogen (secondary N) is 1. The third-order valence-electron chi connectivity index (χ3n) is 4.30. The lowest BCUT2D eigenvalue weighted by Gasteiger charge is -2.48. The highest BCUT2D eigenvalue weighted by Crippen LogP contribution is 2.26. The maximum absolute atomic E-state index is 12.2. The lowest BCUT2D eigenvalue weighted by atomic mass is 9.89. The standard InChI is InChI=1S/C18H31N3O6/c1-16(2,3)26-14(24)20-8-7-12(9-20)19-18(13(22)23)10-21(11-18)15(25)27-17(4,5)6/h12,19H,7-11H2,1-6H3,(H,22,23). The largest absolute Gasteiger partial charge is 0.480 e. The van der Waals surface area contributed by atoms with Gasteiger partial charge in [-0.15, -0.1) is 0 Å². The van der Waals surface area contributed by atoms with Gasteiger partial charge < -0.3 is 24.4 Å². The highest BCUT2D eigenvalue weighted by molar-refractivity contribution is 5.84. The smallest absolute Gasteiger partial charge is 0.410 e. The number of rotatable bonds is 3. The molecule has 1 unspecified atom stereocenters. The minimum atomic E-state index is -1.22. The SMILES string of the molecule is CC(C)(C)OC(=O)N1CCC(NC2(C(=O)O)CN(C(=O)OC(C)(C)C)C2)C1. The van der Waals surface area contributed by atoms with Gasteiger partial charge in [-0.3, -0.25) is 10.1 Å². The number of nitrogens with zero attached hydrogens (tertiary/aromatic N) is 2. The normalized spacial score (nSPS) is 22.2. The third-order valence-corrected chi connectivity index (χ3v) is 4.30. The molecule has 0 spiro atoms. The summed E-state index contributed by atoms with van der Waals surface area (Å²) < 4.78 is 10.6. The van der Waals surface area contributed by atoms with Crippen molar-refractivity contribution in [2.75, 3.05) is 26.2 Å². The van der Waals surface area contributed by atoms with Gasteiger partial charge in [0.05, 0.1) is 13.1 Å². The highest BCUT2D eigenvalue weighted by Gasteiger charge is 2.54. The van der Waals surface area contributed by atoms with Crippen molar-refractivity contribution in [2.45, 2.75) is 70.7 Å². The van der Waals surface area contributed by atoms with Gasteiger partial charge in [0.25, 0.3) is 0 Å². The lowest BCUT2D eigenvalue weighted by molar-refractivity contribution is -0.152. The molecule has 27 heavy (non-hydrogen) atoms. The molecule has 2 N–H and O–H groups in total. The van der Waals surface area contributed by atoms with Crippen LogP contribution in [0.1, 0.15) is 48.0 Å². The Kier molecular flexibility index (Phi) is 5.66. The first kappa shape index (κ1) is 21.3. The van der Waals surface area contributed by atoms with Crippen LogP contribution in [-0.2, 0) is 14.3 Å². The quantitative estimate of drug-likeness (QED) is 0.760. The molecule has 0 bridgehead atoms. The summed E-state index contributed by atoms with van der Waals surface area (Å²) >= 11 is 0. The second kappa shape index (κ2) is 7.18. The van der Waals surface area contributed by atoms with Crippen LogP contribution in [0.4, 0.5) is 9.59 Å². The molecule has 0 aromatic carbocycles. The number of hydrogen-bond acceptors (Lipinski definition) is 6. The van der Waals surface area contributed by atoms with Crippen LogP contribution >= 0.6 is 0 Å². The predicted molar refractivity (Wildman–Crippen MR) is 97.5 cm³/mol. The molecule has 9 nitrogen and oxygen atoms in total. The number of aliphatic carboxylic acids is 1. The summed E-state index contributed by atoms with van der Waals surface area (Å²) in [6.07, 6.45) is -0.302. The van der Waals surface area contributed by atoms with Gasteiger partial charge in [-0.25, -0.2) is 9.59 Å². The van der Waals surface area contributed by atoms with E-state index in [1.54, 1.807) is 46.4 Å². The minimum Gasteiger partial charge on any atom is -0.480 e. The van der Waals surface area contributed by atoms with Crippen molar-refractivity contribution in [2.24, 2.45) is 0 Å². The second-order valence-corrected chi connectivity index (χ2v) is 9.28. The molecule has 0 aromatic rings. The Morgan fingerprint density at radius 3 is 1.89 bits per heavy atom. The van der Waals surface area contributed by atoms with Crippen molar-refractivity contribution >= 4 is 18.2 Å². The van der Waals surface area contributed by atoms with E-state index in [0.29, 0.717) is 19.5 Å². The van der Waals surface area contributed by atoms with Gasteiger partial charge in [0, 0.05) is 19.1 Å². The zero-order chi connectivity index (χ0) is 20.6. The van der Waals surface area contributed by atoms with Crippen LogP contribution in [0.25, 0.3) is 0 Å². The van der Waals surface area contributed by atoms with Crippen LogP contribution in [0.3, 0.4) is 0 Å². The fraction of sp³-hybridized carbons (Fsp3) is 0.833. The number of carboxylic acid groups (broad SMARTS) is 1. The molecule has 2 aliphatic heterocycles. The van der Waals surface area contributed by atoms with Crippen molar-refractivity contribution in [1.82, 2.24) is 15.1 Å². The van der Waals surface area contributed by atoms with E-state index in [2.05, 4.69) is 5.32 Å². The molecular weight excluding hydrogens is 354 g/mol. The van der Waals surface area contributed by atoms with Crippen molar-refractivity contribution in [1.29, 1.82) is 0 Å². The average molecular weight is 385 g/mol. The van der Waals surface area contributed by atoms with Crippen LogP contribution in [-0.4, -0.2) is 82.0 Å². The first-order chi connectivity index (χ1) is 12.2. The van der Waals surface area contributed by atoms with Crippen molar-refractivity contribution in [3.05, 3.63) is 0 Å². The zero-order valence-corrected chi connectivity index (χ0v) is 17.0. The molecule has 2 saturated heterocycles. The van der Waals surface area contributed by atoms with Gasteiger partial charge in [0.15, 0.2) is 5.54 Å². The maximum atomic E-state index is 12.2. The van der Waals surface area contributed by atoms with Crippen molar-refractivity contribution in [3.8, 4) is 0 Å². The number of ether oxygens (including phenoxy) is 2. The molecule has 0 saturated carbocycles. The summed E-state index contributed by atoms with van der Waals surface area (Å²) in [6, 6.07) is -0.172. The Balaban J connectivity index is 1.91. The highest BCUT2D eigenvalue weighted by atomic mass is 16.6. The fourth-order valence-electron chi connectivity index (χ4n) is 3.11. The molecule has 2 rings (SSSR count). The first-order valence-electron chi connectivity index (χ1n) is 9.18. The van der Waals surface area contributed by atoms with Crippen molar-refractivity contribution in [3.63, 3.8) is 0 Å². The Hall–Kier alpha value is -2.03. The summed E-state index contributed by atoms with van der Waals surface area (Å²) in [4.78, 5) is 39.0. The lowest BCUT2D eigenvalue weighted by Crippen LogP contribution is -2.76. The summed E-state index contributed by atoms with van der Waals surface area (Å²) in [7, 11) is 0. The molecular formula is C18H31N3O6. The summed E-state index contributed by atoms with van der Waals surface area (Å²) in [6.45, 7) is 11.6. The number of likely N-dealkylation sites (tertiary alicyclic amines) is 2. The zero-order valence-electron chi connectivity index (χ0n) is 17.0. The predicted octanol–water partition coefficient (Wildman–Crippen LogP) is 1.66. The molecule has 1 atom stereocenters. The molecule has 154 valence electrons. The Morgan fingerprint density at radius 2 is 1.44 bits per heavy atom. The maximum Gasteiger partial charge on any atom is 0.410 e. The summed E-state index contributed by atoms with van der Waals surface area (Å²) in [5.41, 5.74) is -2.43. The molecule has 9 heteroatoms. The summed E-state index contributed by atoms with van der Waals surface area (Å²) in [5, 5.41) is 12.8. The van der Waals surface area contributed by atoms with E-state index < -0.39 is 34.9 Å². The molecule has 2 fully saturated rings. The van der Waals surface area contributed by atoms with Crippen LogP contribution in [0.2, 0.25) is 0 Å². The van der Waals surface area contributed by atoms with Crippen LogP contribution < -0.4 is 5.32 Å². The molecule has 2 heterocycles. The monoisotopic (exact) mass is 385 g/mol. The molecule has 2 amide bonds. The van der Waals surface area contributed by atoms with E-state index in [1.807, 2.05) is 0 Å². The average Bonchev–Trinajstić information content (AvgIpc) is 2.86. The van der Waals surface area contributed by atoms with Gasteiger partial charge in [0.1, 0.15) is 11.2 Å². The molecule has 0 radical (unpaired) electrons. The topological polar surface area (TPSA) is 108 Å². The fourth-order valence-corrected chi connectivity index (χ4v) is 3.11. The third kappa shape index (κ3) is 5.47. The first-order valence-corrected chi connectivity index (χ1v) is 9.18. The molecule has 0 aromatic heterocycles. The van der Waals surface area contributed by atoms with E-state index in [-0.39, 0.29) is 19.1 Å². The number of carbonyl (C=O) groups excluding carboxylic acids is 2. The van der Waals surface area contributed by atoms with E-state index in [9.17, 15) is 19.5 Å².